The second-order valence-corrected chi connectivity index (χ2v) is 11.5. The van der Waals surface area contributed by atoms with E-state index in [-0.39, 0.29) is 34.5 Å². The van der Waals surface area contributed by atoms with Gasteiger partial charge in [-0.05, 0) is 41.4 Å². The van der Waals surface area contributed by atoms with Crippen molar-refractivity contribution in [2.75, 3.05) is 6.54 Å². The summed E-state index contributed by atoms with van der Waals surface area (Å²) in [5.41, 5.74) is -0.185. The SMILES string of the molecule is CC(=O)C(=O)[C@@H](CCC1CC1)NC(=O)[C@@H]1[C@@H]2[C@H](CN1C(=O)[C@@H](C)C(C)(C)C)C2(C)C. The van der Waals surface area contributed by atoms with E-state index in [2.05, 4.69) is 19.2 Å². The summed E-state index contributed by atoms with van der Waals surface area (Å²) in [6.07, 6.45) is 3.65. The van der Waals surface area contributed by atoms with Gasteiger partial charge in [0, 0.05) is 19.4 Å². The van der Waals surface area contributed by atoms with Gasteiger partial charge in [-0.1, -0.05) is 54.4 Å². The Labute approximate surface area is 180 Å². The Morgan fingerprint density at radius 3 is 2.23 bits per heavy atom. The first-order valence-electron chi connectivity index (χ1n) is 11.4. The third-order valence-corrected chi connectivity index (χ3v) is 7.97. The van der Waals surface area contributed by atoms with Crippen LogP contribution in [0.2, 0.25) is 0 Å². The predicted octanol–water partition coefficient (Wildman–Crippen LogP) is 2.98. The fraction of sp³-hybridized carbons (Fsp3) is 0.833. The largest absolute Gasteiger partial charge is 0.344 e. The van der Waals surface area contributed by atoms with E-state index in [1.807, 2.05) is 27.7 Å². The van der Waals surface area contributed by atoms with Crippen LogP contribution in [0.1, 0.15) is 74.1 Å². The number of nitrogens with one attached hydrogen (secondary N) is 1. The highest BCUT2D eigenvalue weighted by molar-refractivity contribution is 6.38. The Balaban J connectivity index is 1.77. The molecule has 3 fully saturated rings. The molecule has 0 aromatic carbocycles. The molecule has 6 nitrogen and oxygen atoms in total. The summed E-state index contributed by atoms with van der Waals surface area (Å²) < 4.78 is 0. The number of amides is 2. The highest BCUT2D eigenvalue weighted by Gasteiger charge is 2.69. The molecule has 2 saturated carbocycles. The monoisotopic (exact) mass is 418 g/mol. The van der Waals surface area contributed by atoms with Crippen molar-refractivity contribution in [2.45, 2.75) is 86.2 Å². The number of rotatable bonds is 8. The maximum Gasteiger partial charge on any atom is 0.243 e. The predicted molar refractivity (Wildman–Crippen MR) is 114 cm³/mol. The quantitative estimate of drug-likeness (QED) is 0.614. The number of carbonyl (C=O) groups is 4. The van der Waals surface area contributed by atoms with E-state index in [0.717, 1.165) is 19.3 Å². The van der Waals surface area contributed by atoms with Crippen LogP contribution in [0, 0.1) is 34.5 Å². The first kappa shape index (κ1) is 23.0. The van der Waals surface area contributed by atoms with Crippen molar-refractivity contribution >= 4 is 23.4 Å². The Morgan fingerprint density at radius 2 is 1.73 bits per heavy atom. The molecule has 0 unspecified atom stereocenters. The van der Waals surface area contributed by atoms with Gasteiger partial charge < -0.3 is 10.2 Å². The van der Waals surface area contributed by atoms with Gasteiger partial charge in [0.2, 0.25) is 17.6 Å². The van der Waals surface area contributed by atoms with Gasteiger partial charge in [0.25, 0.3) is 0 Å². The van der Waals surface area contributed by atoms with Crippen LogP contribution >= 0.6 is 0 Å². The van der Waals surface area contributed by atoms with Crippen LogP contribution in [0.15, 0.2) is 0 Å². The zero-order chi connectivity index (χ0) is 22.6. The van der Waals surface area contributed by atoms with Crippen LogP contribution in [0.4, 0.5) is 0 Å². The lowest BCUT2D eigenvalue weighted by molar-refractivity contribution is -0.146. The molecule has 0 aromatic rings. The molecule has 1 N–H and O–H groups in total. The fourth-order valence-corrected chi connectivity index (χ4v) is 5.01. The maximum atomic E-state index is 13.4. The van der Waals surface area contributed by atoms with Gasteiger partial charge in [-0.3, -0.25) is 19.2 Å². The topological polar surface area (TPSA) is 83.6 Å². The molecule has 0 aromatic heterocycles. The van der Waals surface area contributed by atoms with Gasteiger partial charge in [-0.2, -0.15) is 0 Å². The molecule has 2 amide bonds. The fourth-order valence-electron chi connectivity index (χ4n) is 5.01. The molecule has 6 heteroatoms. The van der Waals surface area contributed by atoms with Crippen molar-refractivity contribution in [1.82, 2.24) is 10.2 Å². The molecule has 168 valence electrons. The van der Waals surface area contributed by atoms with Gasteiger partial charge in [-0.25, -0.2) is 0 Å². The van der Waals surface area contributed by atoms with Crippen LogP contribution in [0.25, 0.3) is 0 Å². The van der Waals surface area contributed by atoms with Gasteiger partial charge in [0.05, 0.1) is 6.04 Å². The summed E-state index contributed by atoms with van der Waals surface area (Å²) >= 11 is 0. The zero-order valence-corrected chi connectivity index (χ0v) is 19.6. The third-order valence-electron chi connectivity index (χ3n) is 7.97. The average molecular weight is 419 g/mol. The summed E-state index contributed by atoms with van der Waals surface area (Å²) in [4.78, 5) is 52.6. The molecule has 2 aliphatic carbocycles. The van der Waals surface area contributed by atoms with E-state index in [1.165, 1.54) is 6.92 Å². The molecule has 1 aliphatic heterocycles. The summed E-state index contributed by atoms with van der Waals surface area (Å²) in [5, 5.41) is 2.88. The Kier molecular flexibility index (Phi) is 5.94. The second kappa shape index (κ2) is 7.76. The second-order valence-electron chi connectivity index (χ2n) is 11.5. The molecule has 1 heterocycles. The molecule has 0 spiro atoms. The van der Waals surface area contributed by atoms with E-state index in [1.54, 1.807) is 4.90 Å². The van der Waals surface area contributed by atoms with E-state index in [0.29, 0.717) is 24.8 Å². The number of piperidine rings is 1. The number of likely N-dealkylation sites (tertiary alicyclic amines) is 1. The van der Waals surface area contributed by atoms with E-state index in [4.69, 9.17) is 0 Å². The van der Waals surface area contributed by atoms with Crippen LogP contribution in [-0.2, 0) is 19.2 Å². The van der Waals surface area contributed by atoms with Crippen molar-refractivity contribution < 1.29 is 19.2 Å². The van der Waals surface area contributed by atoms with Gasteiger partial charge >= 0.3 is 0 Å². The van der Waals surface area contributed by atoms with Crippen molar-refractivity contribution in [3.05, 3.63) is 0 Å². The highest BCUT2D eigenvalue weighted by Crippen LogP contribution is 2.65. The van der Waals surface area contributed by atoms with Crippen LogP contribution in [0.5, 0.6) is 0 Å². The molecule has 0 bridgehead atoms. The standard InChI is InChI=1S/C24H38N2O4/c1-13(23(3,4)5)22(30)26-12-16-18(24(16,6)7)19(26)21(29)25-17(20(28)14(2)27)11-10-15-8-9-15/h13,15-19H,8-12H2,1-7H3,(H,25,29)/t13-,16+,17-,18+,19+/m1/s1. The first-order valence-corrected chi connectivity index (χ1v) is 11.4. The number of nitrogens with zero attached hydrogens (tertiary/aromatic N) is 1. The molecular formula is C24H38N2O4. The lowest BCUT2D eigenvalue weighted by Gasteiger charge is -2.36. The van der Waals surface area contributed by atoms with E-state index in [9.17, 15) is 19.2 Å². The molecule has 1 saturated heterocycles. The van der Waals surface area contributed by atoms with Crippen LogP contribution in [0.3, 0.4) is 0 Å². The molecule has 0 radical (unpaired) electrons. The van der Waals surface area contributed by atoms with Crippen molar-refractivity contribution in [3.63, 3.8) is 0 Å². The van der Waals surface area contributed by atoms with Crippen LogP contribution in [-0.4, -0.2) is 46.9 Å². The van der Waals surface area contributed by atoms with Crippen molar-refractivity contribution in [3.8, 4) is 0 Å². The minimum atomic E-state index is -0.784. The number of hydrogen-bond acceptors (Lipinski definition) is 4. The highest BCUT2D eigenvalue weighted by atomic mass is 16.2. The number of ketones is 2. The first-order chi connectivity index (χ1) is 13.8. The molecule has 5 atom stereocenters. The van der Waals surface area contributed by atoms with Crippen molar-refractivity contribution in [1.29, 1.82) is 0 Å². The number of carbonyl (C=O) groups excluding carboxylic acids is 4. The van der Waals surface area contributed by atoms with Gasteiger partial charge in [0.1, 0.15) is 6.04 Å². The average Bonchev–Trinajstić information content (AvgIpc) is 3.50. The summed E-state index contributed by atoms with van der Waals surface area (Å²) in [5.74, 6) is -0.541. The Bertz CT molecular complexity index is 747. The molecule has 3 aliphatic rings. The third kappa shape index (κ3) is 4.33. The summed E-state index contributed by atoms with van der Waals surface area (Å²) in [6.45, 7) is 14.1. The Hall–Kier alpha value is -1.72. The minimum Gasteiger partial charge on any atom is -0.344 e. The molecule has 3 rings (SSSR count). The Morgan fingerprint density at radius 1 is 1.13 bits per heavy atom. The zero-order valence-electron chi connectivity index (χ0n) is 19.6. The van der Waals surface area contributed by atoms with Gasteiger partial charge in [0.15, 0.2) is 5.78 Å². The lowest BCUT2D eigenvalue weighted by atomic mass is 9.81. The van der Waals surface area contributed by atoms with Gasteiger partial charge in [-0.15, -0.1) is 0 Å². The van der Waals surface area contributed by atoms with Crippen LogP contribution < -0.4 is 5.32 Å². The minimum absolute atomic E-state index is 0.00178. The summed E-state index contributed by atoms with van der Waals surface area (Å²) in [6, 6.07) is -1.35. The van der Waals surface area contributed by atoms with Crippen molar-refractivity contribution in [2.24, 2.45) is 34.5 Å². The summed E-state index contributed by atoms with van der Waals surface area (Å²) in [7, 11) is 0. The smallest absolute Gasteiger partial charge is 0.243 e. The molecule has 30 heavy (non-hydrogen) atoms. The number of Topliss-reactive ketones (excluding diaryl/α,β-unsaturated/α-hetero) is 2. The maximum absolute atomic E-state index is 13.4. The van der Waals surface area contributed by atoms with E-state index >= 15 is 0 Å². The van der Waals surface area contributed by atoms with E-state index < -0.39 is 23.7 Å². The number of hydrogen-bond donors (Lipinski definition) is 1. The number of fused-ring (bicyclic) bond motifs is 1. The normalized spacial score (nSPS) is 29.0. The lowest BCUT2D eigenvalue weighted by Crippen LogP contribution is -2.55. The molecular weight excluding hydrogens is 380 g/mol.